The molecule has 1 aromatic carbocycles. The smallest absolute Gasteiger partial charge is 0.254 e. The van der Waals surface area contributed by atoms with E-state index in [1.54, 1.807) is 0 Å². The molecule has 1 aromatic rings. The van der Waals surface area contributed by atoms with Gasteiger partial charge in [-0.05, 0) is 38.8 Å². The van der Waals surface area contributed by atoms with E-state index in [0.29, 0.717) is 18.5 Å². The number of likely N-dealkylation sites (tertiary alicyclic amines) is 1. The van der Waals surface area contributed by atoms with E-state index < -0.39 is 5.41 Å². The van der Waals surface area contributed by atoms with E-state index in [4.69, 9.17) is 0 Å². The minimum atomic E-state index is -0.582. The van der Waals surface area contributed by atoms with Crippen LogP contribution in [0.3, 0.4) is 0 Å². The summed E-state index contributed by atoms with van der Waals surface area (Å²) in [6, 6.07) is 11.3. The lowest BCUT2D eigenvalue weighted by atomic mass is 9.63. The average molecular weight is 336 g/mol. The predicted octanol–water partition coefficient (Wildman–Crippen LogP) is 3.75. The van der Waals surface area contributed by atoms with E-state index >= 15 is 0 Å². The van der Waals surface area contributed by atoms with Gasteiger partial charge in [0, 0.05) is 28.5 Å². The standard InChI is InChI=1S/C21H24N2O2/c1-19(2)12-21(10-16(11-22)17(19)24)13-20(3,4)23(14-21)18(25)15-8-6-5-7-9-15/h5-10H,12-14H2,1-4H3. The van der Waals surface area contributed by atoms with Gasteiger partial charge in [0.1, 0.15) is 6.07 Å². The van der Waals surface area contributed by atoms with Crippen molar-refractivity contribution in [1.29, 1.82) is 5.26 Å². The molecule has 1 aliphatic carbocycles. The number of nitriles is 1. The summed E-state index contributed by atoms with van der Waals surface area (Å²) in [6.45, 7) is 8.46. The molecule has 1 spiro atoms. The molecule has 1 heterocycles. The van der Waals surface area contributed by atoms with Crippen molar-refractivity contribution in [1.82, 2.24) is 4.90 Å². The highest BCUT2D eigenvalue weighted by atomic mass is 16.2. The zero-order chi connectivity index (χ0) is 18.5. The number of amides is 1. The fraction of sp³-hybridized carbons (Fsp3) is 0.476. The fourth-order valence-electron chi connectivity index (χ4n) is 4.67. The van der Waals surface area contributed by atoms with Gasteiger partial charge in [-0.1, -0.05) is 38.1 Å². The summed E-state index contributed by atoms with van der Waals surface area (Å²) >= 11 is 0. The van der Waals surface area contributed by atoms with E-state index in [1.165, 1.54) is 0 Å². The second kappa shape index (κ2) is 5.56. The number of hydrogen-bond acceptors (Lipinski definition) is 3. The monoisotopic (exact) mass is 336 g/mol. The highest BCUT2D eigenvalue weighted by molar-refractivity contribution is 6.04. The maximum absolute atomic E-state index is 13.0. The Labute approximate surface area is 149 Å². The molecule has 0 radical (unpaired) electrons. The van der Waals surface area contributed by atoms with Crippen LogP contribution in [0.1, 0.15) is 50.9 Å². The Morgan fingerprint density at radius 2 is 1.76 bits per heavy atom. The van der Waals surface area contributed by atoms with E-state index in [-0.39, 0.29) is 28.2 Å². The zero-order valence-corrected chi connectivity index (χ0v) is 15.3. The van der Waals surface area contributed by atoms with Crippen LogP contribution in [0, 0.1) is 22.2 Å². The molecule has 1 saturated heterocycles. The molecule has 1 fully saturated rings. The molecule has 130 valence electrons. The summed E-state index contributed by atoms with van der Waals surface area (Å²) < 4.78 is 0. The number of allylic oxidation sites excluding steroid dienone is 1. The van der Waals surface area contributed by atoms with Crippen molar-refractivity contribution < 1.29 is 9.59 Å². The highest BCUT2D eigenvalue weighted by Gasteiger charge is 2.54. The second-order valence-electron chi connectivity index (χ2n) is 8.67. The summed E-state index contributed by atoms with van der Waals surface area (Å²) in [5.41, 5.74) is -0.331. The molecule has 0 aromatic heterocycles. The summed E-state index contributed by atoms with van der Waals surface area (Å²) in [4.78, 5) is 27.4. The third kappa shape index (κ3) is 2.89. The minimum absolute atomic E-state index is 0.00379. The summed E-state index contributed by atoms with van der Waals surface area (Å²) in [7, 11) is 0. The Hall–Kier alpha value is -2.41. The van der Waals surface area contributed by atoms with Gasteiger partial charge in [0.05, 0.1) is 5.57 Å². The highest BCUT2D eigenvalue weighted by Crippen LogP contribution is 2.52. The molecule has 1 unspecified atom stereocenters. The van der Waals surface area contributed by atoms with Crippen LogP contribution in [0.5, 0.6) is 0 Å². The molecule has 4 heteroatoms. The first-order valence-corrected chi connectivity index (χ1v) is 8.65. The van der Waals surface area contributed by atoms with Crippen molar-refractivity contribution in [2.24, 2.45) is 10.8 Å². The third-order valence-electron chi connectivity index (χ3n) is 5.48. The fourth-order valence-corrected chi connectivity index (χ4v) is 4.67. The van der Waals surface area contributed by atoms with Crippen molar-refractivity contribution >= 4 is 11.7 Å². The lowest BCUT2D eigenvalue weighted by Crippen LogP contribution is -2.43. The molecule has 1 atom stereocenters. The van der Waals surface area contributed by atoms with Crippen LogP contribution in [0.4, 0.5) is 0 Å². The Bertz CT molecular complexity index is 799. The topological polar surface area (TPSA) is 61.2 Å². The number of benzene rings is 1. The van der Waals surface area contributed by atoms with Crippen LogP contribution < -0.4 is 0 Å². The van der Waals surface area contributed by atoms with Crippen LogP contribution in [-0.4, -0.2) is 28.7 Å². The van der Waals surface area contributed by atoms with Crippen molar-refractivity contribution in [3.63, 3.8) is 0 Å². The molecule has 0 saturated carbocycles. The number of carbonyl (C=O) groups excluding carboxylic acids is 2. The van der Waals surface area contributed by atoms with Gasteiger partial charge in [-0.2, -0.15) is 5.26 Å². The molecule has 0 bridgehead atoms. The largest absolute Gasteiger partial charge is 0.333 e. The zero-order valence-electron chi connectivity index (χ0n) is 15.3. The lowest BCUT2D eigenvalue weighted by molar-refractivity contribution is -0.125. The van der Waals surface area contributed by atoms with Crippen LogP contribution in [0.25, 0.3) is 0 Å². The first kappa shape index (κ1) is 17.4. The maximum atomic E-state index is 13.0. The van der Waals surface area contributed by atoms with Gasteiger partial charge in [-0.3, -0.25) is 9.59 Å². The summed E-state index contributed by atoms with van der Waals surface area (Å²) in [5, 5.41) is 9.40. The molecular weight excluding hydrogens is 312 g/mol. The first-order valence-electron chi connectivity index (χ1n) is 8.65. The SMILES string of the molecule is CC1(C)CC2(C=C(C#N)C1=O)CN(C(=O)c1ccccc1)C(C)(C)C2. The quantitative estimate of drug-likeness (QED) is 0.785. The predicted molar refractivity (Wildman–Crippen MR) is 95.7 cm³/mol. The third-order valence-corrected chi connectivity index (χ3v) is 5.48. The van der Waals surface area contributed by atoms with Gasteiger partial charge in [-0.15, -0.1) is 0 Å². The van der Waals surface area contributed by atoms with Crippen LogP contribution in [0.2, 0.25) is 0 Å². The van der Waals surface area contributed by atoms with Crippen molar-refractivity contribution in [3.05, 3.63) is 47.5 Å². The maximum Gasteiger partial charge on any atom is 0.254 e. The van der Waals surface area contributed by atoms with Gasteiger partial charge in [-0.25, -0.2) is 0 Å². The molecule has 3 rings (SSSR count). The molecule has 4 nitrogen and oxygen atoms in total. The van der Waals surface area contributed by atoms with E-state index in [0.717, 1.165) is 6.42 Å². The van der Waals surface area contributed by atoms with Crippen molar-refractivity contribution in [2.45, 2.75) is 46.1 Å². The van der Waals surface area contributed by atoms with Gasteiger partial charge in [0.25, 0.3) is 5.91 Å². The Morgan fingerprint density at radius 1 is 1.12 bits per heavy atom. The van der Waals surface area contributed by atoms with Crippen molar-refractivity contribution in [2.75, 3.05) is 6.54 Å². The Kier molecular flexibility index (Phi) is 3.87. The minimum Gasteiger partial charge on any atom is -0.333 e. The number of rotatable bonds is 1. The lowest BCUT2D eigenvalue weighted by Gasteiger charge is -2.38. The van der Waals surface area contributed by atoms with Gasteiger partial charge >= 0.3 is 0 Å². The van der Waals surface area contributed by atoms with Gasteiger partial charge < -0.3 is 4.90 Å². The normalized spacial score (nSPS) is 27.1. The van der Waals surface area contributed by atoms with Crippen LogP contribution in [-0.2, 0) is 4.79 Å². The number of Topliss-reactive ketones (excluding diaryl/α,β-unsaturated/α-hetero) is 1. The average Bonchev–Trinajstić information content (AvgIpc) is 2.81. The first-order chi connectivity index (χ1) is 11.6. The van der Waals surface area contributed by atoms with Gasteiger partial charge in [0.15, 0.2) is 5.78 Å². The van der Waals surface area contributed by atoms with E-state index in [9.17, 15) is 14.9 Å². The number of hydrogen-bond donors (Lipinski definition) is 0. The van der Waals surface area contributed by atoms with E-state index in [2.05, 4.69) is 19.9 Å². The molecular formula is C21H24N2O2. The number of carbonyl (C=O) groups is 2. The second-order valence-corrected chi connectivity index (χ2v) is 8.67. The van der Waals surface area contributed by atoms with Crippen molar-refractivity contribution in [3.8, 4) is 6.07 Å². The van der Waals surface area contributed by atoms with Crippen LogP contribution in [0.15, 0.2) is 42.0 Å². The Balaban J connectivity index is 2.00. The molecule has 2 aliphatic rings. The van der Waals surface area contributed by atoms with Gasteiger partial charge in [0.2, 0.25) is 0 Å². The molecule has 1 aliphatic heterocycles. The van der Waals surface area contributed by atoms with E-state index in [1.807, 2.05) is 55.2 Å². The van der Waals surface area contributed by atoms with Crippen LogP contribution >= 0.6 is 0 Å². The molecule has 1 amide bonds. The molecule has 0 N–H and O–H groups in total. The number of ketones is 1. The Morgan fingerprint density at radius 3 is 2.36 bits per heavy atom. The summed E-state index contributed by atoms with van der Waals surface area (Å²) in [6.07, 6.45) is 3.24. The summed E-state index contributed by atoms with van der Waals surface area (Å²) in [5.74, 6) is -0.0876. The number of nitrogens with zero attached hydrogens (tertiary/aromatic N) is 2. The molecule has 25 heavy (non-hydrogen) atoms.